The van der Waals surface area contributed by atoms with E-state index in [-0.39, 0.29) is 68.7 Å². The van der Waals surface area contributed by atoms with Crippen molar-refractivity contribution in [2.24, 2.45) is 32.9 Å². The van der Waals surface area contributed by atoms with Crippen LogP contribution in [0.1, 0.15) is 39.0 Å². The monoisotopic (exact) mass is 791 g/mol. The van der Waals surface area contributed by atoms with Gasteiger partial charge in [-0.05, 0) is 46.5 Å². The lowest BCUT2D eigenvalue weighted by molar-refractivity contribution is -0.196. The summed E-state index contributed by atoms with van der Waals surface area (Å²) in [5.41, 5.74) is 19.6. The summed E-state index contributed by atoms with van der Waals surface area (Å²) in [6.07, 6.45) is 5.61. The molecule has 20 nitrogen and oxygen atoms in total. The Morgan fingerprint density at radius 3 is 1.69 bits per heavy atom. The van der Waals surface area contributed by atoms with Gasteiger partial charge in [0.05, 0.1) is 32.2 Å². The maximum atomic E-state index is 10.8. The number of amides is 5. The molecular formula is C28H56ClN10O10S2-. The number of imide groups is 2. The molecule has 2 rings (SSSR count). The minimum atomic E-state index is -0.968. The minimum Gasteiger partial charge on any atom is -1.00 e. The molecule has 2 heterocycles. The highest BCUT2D eigenvalue weighted by molar-refractivity contribution is 7.98. The van der Waals surface area contributed by atoms with E-state index in [0.717, 1.165) is 50.7 Å². The van der Waals surface area contributed by atoms with E-state index in [1.54, 1.807) is 23.5 Å². The van der Waals surface area contributed by atoms with Crippen LogP contribution in [0.15, 0.2) is 9.98 Å². The molecule has 2 aliphatic rings. The van der Waals surface area contributed by atoms with Gasteiger partial charge in [0, 0.05) is 56.8 Å². The first-order valence-electron chi connectivity index (χ1n) is 15.2. The first-order chi connectivity index (χ1) is 23.6. The number of carbonyl (C=O) groups is 7. The molecule has 0 atom stereocenters. The number of hydrogen-bond donors (Lipinski definition) is 7. The van der Waals surface area contributed by atoms with Gasteiger partial charge in [-0.15, -0.1) is 5.06 Å². The third kappa shape index (κ3) is 41.1. The molecule has 2 saturated heterocycles. The summed E-state index contributed by atoms with van der Waals surface area (Å²) in [5.74, 6) is -1.81. The summed E-state index contributed by atoms with van der Waals surface area (Å²) in [7, 11) is 4.12. The molecule has 5 amide bonds. The van der Waals surface area contributed by atoms with Gasteiger partial charge in [0.2, 0.25) is 5.91 Å². The van der Waals surface area contributed by atoms with Gasteiger partial charge in [-0.25, -0.2) is 14.8 Å². The van der Waals surface area contributed by atoms with E-state index < -0.39 is 35.6 Å². The van der Waals surface area contributed by atoms with Gasteiger partial charge in [-0.1, -0.05) is 0 Å². The fourth-order valence-corrected chi connectivity index (χ4v) is 3.02. The van der Waals surface area contributed by atoms with Crippen LogP contribution in [0.4, 0.5) is 0 Å². The molecule has 2 fully saturated rings. The van der Waals surface area contributed by atoms with E-state index in [2.05, 4.69) is 50.9 Å². The summed E-state index contributed by atoms with van der Waals surface area (Å²) >= 11 is 3.48. The second-order valence-electron chi connectivity index (χ2n) is 9.39. The third-order valence-electron chi connectivity index (χ3n) is 4.88. The van der Waals surface area contributed by atoms with Gasteiger partial charge in [-0.2, -0.15) is 28.6 Å². The lowest BCUT2D eigenvalue weighted by atomic mass is 10.4. The van der Waals surface area contributed by atoms with Crippen LogP contribution in [-0.4, -0.2) is 163 Å². The Labute approximate surface area is 314 Å². The number of halogens is 1. The Kier molecular flexibility index (Phi) is 46.2. The summed E-state index contributed by atoms with van der Waals surface area (Å²) in [5, 5.41) is 19.3. The van der Waals surface area contributed by atoms with Gasteiger partial charge < -0.3 is 55.5 Å². The van der Waals surface area contributed by atoms with Crippen molar-refractivity contribution >= 4 is 71.0 Å². The SMILES string of the molecule is CCN=C=NCCCN(C)C.CSCCN.CSCCNC(=O)CN.NCC(=O)O.NCC(=O)ON1C(=O)CCC1=O.O=C1CCC(=O)N1O.[Cl-]. The normalized spacial score (nSPS) is 12.4. The van der Waals surface area contributed by atoms with E-state index >= 15 is 0 Å². The highest BCUT2D eigenvalue weighted by atomic mass is 35.5. The fraction of sp³-hybridized carbons (Fsp3) is 0.714. The molecule has 0 bridgehead atoms. The number of carboxylic acids is 1. The number of carboxylic acid groups (broad SMARTS) is 1. The predicted octanol–water partition coefficient (Wildman–Crippen LogP) is -5.03. The largest absolute Gasteiger partial charge is 1.00 e. The van der Waals surface area contributed by atoms with Crippen LogP contribution in [0.3, 0.4) is 0 Å². The molecule has 0 aliphatic carbocycles. The molecule has 298 valence electrons. The number of carbonyl (C=O) groups excluding carboxylic acids is 6. The van der Waals surface area contributed by atoms with E-state index in [4.69, 9.17) is 27.5 Å². The Morgan fingerprint density at radius 2 is 1.37 bits per heavy atom. The second-order valence-corrected chi connectivity index (χ2v) is 11.4. The van der Waals surface area contributed by atoms with Crippen molar-refractivity contribution in [2.75, 3.05) is 90.5 Å². The van der Waals surface area contributed by atoms with Crippen LogP contribution in [0.5, 0.6) is 0 Å². The van der Waals surface area contributed by atoms with Gasteiger partial charge in [0.25, 0.3) is 23.6 Å². The van der Waals surface area contributed by atoms with Crippen molar-refractivity contribution < 1.29 is 61.1 Å². The molecule has 0 aromatic heterocycles. The molecule has 23 heteroatoms. The maximum Gasteiger partial charge on any atom is 0.346 e. The highest BCUT2D eigenvalue weighted by Gasteiger charge is 2.32. The number of thioether (sulfide) groups is 2. The number of nitrogens with two attached hydrogens (primary N) is 4. The van der Waals surface area contributed by atoms with Crippen LogP contribution < -0.4 is 40.7 Å². The predicted molar refractivity (Wildman–Crippen MR) is 192 cm³/mol. The van der Waals surface area contributed by atoms with Crippen molar-refractivity contribution in [1.29, 1.82) is 0 Å². The number of nitrogens with zero attached hydrogens (tertiary/aromatic N) is 5. The lowest BCUT2D eigenvalue weighted by Gasteiger charge is -2.10. The van der Waals surface area contributed by atoms with E-state index in [1.807, 2.05) is 19.4 Å². The van der Waals surface area contributed by atoms with Gasteiger partial charge in [0.1, 0.15) is 0 Å². The summed E-state index contributed by atoms with van der Waals surface area (Å²) < 4.78 is 0. The quantitative estimate of drug-likeness (QED) is 0.0375. The standard InChI is InChI=1S/C8H17N3.C6H8N2O4.C5H12N2OS.C4H5NO3.C3H9NS.C2H5NO2.ClH/c1-4-9-8-10-6-5-7-11(2)3;7-3-6(11)12-8-4(9)1-2-5(8)10;1-9-3-2-7-5(8)4-6;6-3-1-2-4(7)5(3)8;1-5-3-2-4;3-1-2(4)5;/h4-7H2,1-3H3;1-3,7H2;2-4,6H2,1H3,(H,7,8);8H,1-2H2;2-4H2,1H3;1,3H2,(H,4,5);1H/p-1. The Bertz CT molecular complexity index is 1020. The average molecular weight is 792 g/mol. The smallest absolute Gasteiger partial charge is 0.346 e. The number of nitrogens with one attached hydrogen (secondary N) is 1. The van der Waals surface area contributed by atoms with Crippen molar-refractivity contribution in [1.82, 2.24) is 20.3 Å². The van der Waals surface area contributed by atoms with Gasteiger partial charge in [0.15, 0.2) is 0 Å². The lowest BCUT2D eigenvalue weighted by Crippen LogP contribution is -3.00. The molecule has 0 aromatic carbocycles. The van der Waals surface area contributed by atoms with Crippen LogP contribution in [0.2, 0.25) is 0 Å². The topological polar surface area (TPSA) is 320 Å². The first-order valence-corrected chi connectivity index (χ1v) is 18.0. The Hall–Kier alpha value is -3.18. The Balaban J connectivity index is -0.000000170. The number of hydroxylamine groups is 4. The average Bonchev–Trinajstić information content (AvgIpc) is 3.57. The Morgan fingerprint density at radius 1 is 0.882 bits per heavy atom. The maximum absolute atomic E-state index is 10.8. The van der Waals surface area contributed by atoms with E-state index in [9.17, 15) is 33.6 Å². The highest BCUT2D eigenvalue weighted by Crippen LogP contribution is 2.11. The summed E-state index contributed by atoms with van der Waals surface area (Å²) in [6, 6.07) is 2.64. The zero-order valence-electron chi connectivity index (χ0n) is 30.0. The van der Waals surface area contributed by atoms with Crippen molar-refractivity contribution in [2.45, 2.75) is 39.0 Å². The molecular weight excluding hydrogens is 736 g/mol. The van der Waals surface area contributed by atoms with Crippen molar-refractivity contribution in [3.05, 3.63) is 0 Å². The molecule has 0 radical (unpaired) electrons. The zero-order valence-corrected chi connectivity index (χ0v) is 32.4. The van der Waals surface area contributed by atoms with Crippen LogP contribution >= 0.6 is 23.5 Å². The summed E-state index contributed by atoms with van der Waals surface area (Å²) in [6.45, 7) is 5.66. The number of hydrogen-bond acceptors (Lipinski definition) is 18. The van der Waals surface area contributed by atoms with Gasteiger partial charge in [-0.3, -0.25) is 34.0 Å². The van der Waals surface area contributed by atoms with Crippen LogP contribution in [0.25, 0.3) is 0 Å². The minimum absolute atomic E-state index is 0. The number of rotatable bonds is 14. The van der Waals surface area contributed by atoms with E-state index in [1.165, 1.54) is 0 Å². The first kappa shape index (κ1) is 57.2. The fourth-order valence-electron chi connectivity index (χ4n) is 2.48. The van der Waals surface area contributed by atoms with Crippen molar-refractivity contribution in [3.8, 4) is 0 Å². The van der Waals surface area contributed by atoms with E-state index in [0.29, 0.717) is 5.06 Å². The molecule has 0 aromatic rings. The number of aliphatic carboxylic acids is 1. The zero-order chi connectivity index (χ0) is 39.3. The molecule has 0 spiro atoms. The molecule has 2 aliphatic heterocycles. The van der Waals surface area contributed by atoms with Gasteiger partial charge >= 0.3 is 11.9 Å². The molecule has 11 N–H and O–H groups in total. The van der Waals surface area contributed by atoms with Crippen LogP contribution in [-0.2, 0) is 38.4 Å². The summed E-state index contributed by atoms with van der Waals surface area (Å²) in [4.78, 5) is 86.7. The third-order valence-corrected chi connectivity index (χ3v) is 6.13. The molecule has 51 heavy (non-hydrogen) atoms. The number of aliphatic imine (C=N–C) groups is 2. The second kappa shape index (κ2) is 41.2. The van der Waals surface area contributed by atoms with Crippen LogP contribution in [0, 0.1) is 0 Å². The van der Waals surface area contributed by atoms with Crippen molar-refractivity contribution in [3.63, 3.8) is 0 Å². The molecule has 0 unspecified atom stereocenters. The molecule has 0 saturated carbocycles.